The number of fused-ring (bicyclic) bond motifs is 1. The summed E-state index contributed by atoms with van der Waals surface area (Å²) < 4.78 is 5.87. The number of hydrogen-bond donors (Lipinski definition) is 1. The zero-order chi connectivity index (χ0) is 17.2. The molecule has 0 aromatic heterocycles. The number of piperazine rings is 1. The molecule has 1 heterocycles. The van der Waals surface area contributed by atoms with E-state index in [4.69, 9.17) is 4.74 Å². The highest BCUT2D eigenvalue weighted by atomic mass is 16.5. The van der Waals surface area contributed by atoms with Crippen LogP contribution in [0, 0.1) is 17.3 Å². The first kappa shape index (κ1) is 18.4. The molecule has 4 nitrogen and oxygen atoms in total. The fourth-order valence-electron chi connectivity index (χ4n) is 4.82. The van der Waals surface area contributed by atoms with Gasteiger partial charge in [0.15, 0.2) is 0 Å². The van der Waals surface area contributed by atoms with Gasteiger partial charge in [0.05, 0.1) is 19.3 Å². The molecule has 4 rings (SSSR count). The molecule has 4 heteroatoms. The number of nitrogens with zero attached hydrogens (tertiary/aromatic N) is 2. The van der Waals surface area contributed by atoms with Crippen LogP contribution in [0.1, 0.15) is 40.0 Å². The number of β-amino-alcohol motifs (C(OH)–C–C–N with tert-alkyl or cyclic N) is 1. The minimum absolute atomic E-state index is 0.367. The molecule has 4 aliphatic rings. The van der Waals surface area contributed by atoms with Gasteiger partial charge in [0, 0.05) is 32.7 Å². The van der Waals surface area contributed by atoms with E-state index in [1.54, 1.807) is 0 Å². The fraction of sp³-hybridized carbons (Fsp3) is 0.900. The van der Waals surface area contributed by atoms with Crippen LogP contribution in [0.15, 0.2) is 11.6 Å². The van der Waals surface area contributed by atoms with E-state index < -0.39 is 0 Å². The Bertz CT molecular complexity index is 441. The lowest BCUT2D eigenvalue weighted by Gasteiger charge is -2.56. The van der Waals surface area contributed by atoms with Crippen LogP contribution >= 0.6 is 0 Å². The first-order chi connectivity index (χ1) is 11.5. The fourth-order valence-corrected chi connectivity index (χ4v) is 4.82. The highest BCUT2D eigenvalue weighted by Crippen LogP contribution is 2.59. The van der Waals surface area contributed by atoms with Crippen molar-refractivity contribution in [1.82, 2.24) is 9.80 Å². The molecule has 0 spiro atoms. The number of aliphatic hydroxyl groups is 1. The molecule has 2 fully saturated rings. The van der Waals surface area contributed by atoms with E-state index in [0.29, 0.717) is 24.5 Å². The average molecular weight is 337 g/mol. The van der Waals surface area contributed by atoms with E-state index in [1.807, 2.05) is 0 Å². The van der Waals surface area contributed by atoms with Gasteiger partial charge >= 0.3 is 0 Å². The van der Waals surface area contributed by atoms with E-state index in [1.165, 1.54) is 31.4 Å². The Morgan fingerprint density at radius 2 is 1.96 bits per heavy atom. The lowest BCUT2D eigenvalue weighted by molar-refractivity contribution is -0.0274. The molecular weight excluding hydrogens is 300 g/mol. The Balaban J connectivity index is 1.32. The van der Waals surface area contributed by atoms with Gasteiger partial charge in [-0.3, -0.25) is 4.90 Å². The first-order valence-corrected chi connectivity index (χ1v) is 9.90. The second-order valence-electron chi connectivity index (χ2n) is 8.63. The van der Waals surface area contributed by atoms with E-state index in [2.05, 4.69) is 36.6 Å². The van der Waals surface area contributed by atoms with Crippen LogP contribution in [0.5, 0.6) is 0 Å². The number of ether oxygens (including phenoxy) is 1. The summed E-state index contributed by atoms with van der Waals surface area (Å²) in [5, 5.41) is 10.3. The maximum atomic E-state index is 10.3. The molecule has 0 radical (unpaired) electrons. The summed E-state index contributed by atoms with van der Waals surface area (Å²) in [6.45, 7) is 14.5. The number of allylic oxidation sites excluding steroid dienone is 1. The van der Waals surface area contributed by atoms with Crippen LogP contribution in [-0.2, 0) is 4.74 Å². The molecule has 24 heavy (non-hydrogen) atoms. The third-order valence-electron chi connectivity index (χ3n) is 6.64. The van der Waals surface area contributed by atoms with Gasteiger partial charge in [-0.2, -0.15) is 0 Å². The van der Waals surface area contributed by atoms with Gasteiger partial charge in [0.1, 0.15) is 0 Å². The van der Waals surface area contributed by atoms with Crippen LogP contribution in [-0.4, -0.2) is 73.5 Å². The van der Waals surface area contributed by atoms with Gasteiger partial charge in [-0.1, -0.05) is 26.8 Å². The van der Waals surface area contributed by atoms with Crippen molar-refractivity contribution in [2.75, 3.05) is 52.5 Å². The predicted molar refractivity (Wildman–Crippen MR) is 98.1 cm³/mol. The van der Waals surface area contributed by atoms with Crippen LogP contribution in [0.2, 0.25) is 0 Å². The summed E-state index contributed by atoms with van der Waals surface area (Å²) in [6.07, 6.45) is 5.81. The maximum absolute atomic E-state index is 10.3. The van der Waals surface area contributed by atoms with Crippen LogP contribution in [0.3, 0.4) is 0 Å². The Kier molecular flexibility index (Phi) is 6.02. The number of aliphatic hydroxyl groups excluding tert-OH is 1. The molecule has 0 aromatic carbocycles. The van der Waals surface area contributed by atoms with E-state index >= 15 is 0 Å². The zero-order valence-corrected chi connectivity index (χ0v) is 15.8. The Hall–Kier alpha value is -0.420. The van der Waals surface area contributed by atoms with Crippen molar-refractivity contribution in [3.8, 4) is 0 Å². The molecule has 1 aliphatic heterocycles. The van der Waals surface area contributed by atoms with Gasteiger partial charge in [-0.05, 0) is 48.6 Å². The summed E-state index contributed by atoms with van der Waals surface area (Å²) in [5.74, 6) is 1.59. The Labute approximate surface area is 147 Å². The van der Waals surface area contributed by atoms with Gasteiger partial charge in [0.2, 0.25) is 0 Å². The molecule has 3 atom stereocenters. The van der Waals surface area contributed by atoms with E-state index in [-0.39, 0.29) is 6.10 Å². The molecule has 0 unspecified atom stereocenters. The van der Waals surface area contributed by atoms with Crippen molar-refractivity contribution in [2.24, 2.45) is 17.3 Å². The normalized spacial score (nSPS) is 31.4. The highest BCUT2D eigenvalue weighted by molar-refractivity contribution is 5.23. The van der Waals surface area contributed by atoms with Crippen molar-refractivity contribution in [1.29, 1.82) is 0 Å². The van der Waals surface area contributed by atoms with Crippen LogP contribution in [0.25, 0.3) is 0 Å². The number of hydrogen-bond acceptors (Lipinski definition) is 4. The summed E-state index contributed by atoms with van der Waals surface area (Å²) in [6, 6.07) is 0. The third kappa shape index (κ3) is 4.04. The topological polar surface area (TPSA) is 35.9 Å². The molecule has 0 amide bonds. The molecule has 138 valence electrons. The zero-order valence-electron chi connectivity index (χ0n) is 15.8. The van der Waals surface area contributed by atoms with Gasteiger partial charge in [0.25, 0.3) is 0 Å². The van der Waals surface area contributed by atoms with Crippen molar-refractivity contribution < 1.29 is 9.84 Å². The highest BCUT2D eigenvalue weighted by Gasteiger charge is 2.50. The summed E-state index contributed by atoms with van der Waals surface area (Å²) in [4.78, 5) is 4.89. The van der Waals surface area contributed by atoms with Crippen molar-refractivity contribution >= 4 is 0 Å². The summed E-state index contributed by atoms with van der Waals surface area (Å²) in [7, 11) is 0. The monoisotopic (exact) mass is 336 g/mol. The molecule has 1 N–H and O–H groups in total. The Morgan fingerprint density at radius 1 is 1.25 bits per heavy atom. The average Bonchev–Trinajstić information content (AvgIpc) is 2.57. The molecule has 2 bridgehead atoms. The predicted octanol–water partition coefficient (Wildman–Crippen LogP) is 2.38. The van der Waals surface area contributed by atoms with Crippen molar-refractivity contribution in [3.05, 3.63) is 11.6 Å². The second-order valence-corrected chi connectivity index (χ2v) is 8.63. The van der Waals surface area contributed by atoms with Crippen molar-refractivity contribution in [3.63, 3.8) is 0 Å². The quantitative estimate of drug-likeness (QED) is 0.691. The summed E-state index contributed by atoms with van der Waals surface area (Å²) in [5.41, 5.74) is 1.94. The van der Waals surface area contributed by atoms with Crippen LogP contribution < -0.4 is 0 Å². The molecule has 1 saturated heterocycles. The molecule has 3 aliphatic carbocycles. The molecule has 1 saturated carbocycles. The Morgan fingerprint density at radius 3 is 2.58 bits per heavy atom. The van der Waals surface area contributed by atoms with E-state index in [0.717, 1.165) is 38.6 Å². The number of rotatable bonds is 8. The lowest BCUT2D eigenvalue weighted by Crippen LogP contribution is -2.49. The van der Waals surface area contributed by atoms with Gasteiger partial charge in [-0.15, -0.1) is 0 Å². The lowest BCUT2D eigenvalue weighted by atomic mass is 9.49. The summed E-state index contributed by atoms with van der Waals surface area (Å²) >= 11 is 0. The van der Waals surface area contributed by atoms with E-state index in [9.17, 15) is 5.11 Å². The van der Waals surface area contributed by atoms with Gasteiger partial charge < -0.3 is 14.7 Å². The minimum atomic E-state index is -0.367. The van der Waals surface area contributed by atoms with Crippen molar-refractivity contribution in [2.45, 2.75) is 46.1 Å². The minimum Gasteiger partial charge on any atom is -0.389 e. The third-order valence-corrected chi connectivity index (χ3v) is 6.64. The molecule has 0 aromatic rings. The van der Waals surface area contributed by atoms with Crippen LogP contribution in [0.4, 0.5) is 0 Å². The second kappa shape index (κ2) is 7.86. The maximum Gasteiger partial charge on any atom is 0.0900 e. The molecular formula is C20H36N2O2. The van der Waals surface area contributed by atoms with Gasteiger partial charge in [-0.25, -0.2) is 0 Å². The largest absolute Gasteiger partial charge is 0.389 e. The smallest absolute Gasteiger partial charge is 0.0900 e. The first-order valence-electron chi connectivity index (χ1n) is 9.90. The SMILES string of the molecule is CCCN1CCN(C[C@@H](O)COCC2=CC[C@@H]3C[C@H]2C3(C)C)CC1. The standard InChI is InChI=1S/C20H36N2O2/c1-4-7-21-8-10-22(11-9-21)13-18(23)15-24-14-16-5-6-17-12-19(16)20(17,2)3/h5,17-19,23H,4,6-15H2,1-3H3/t17-,18-,19-/m1/s1.